The molecule has 0 saturated heterocycles. The lowest BCUT2D eigenvalue weighted by Gasteiger charge is -2.16. The third kappa shape index (κ3) is 2.58. The molecule has 1 N–H and O–H groups in total. The van der Waals surface area contributed by atoms with Gasteiger partial charge in [0.15, 0.2) is 0 Å². The number of ether oxygens (including phenoxy) is 1. The predicted octanol–water partition coefficient (Wildman–Crippen LogP) is 5.10. The third-order valence-corrected chi connectivity index (χ3v) is 4.21. The van der Waals surface area contributed by atoms with Crippen LogP contribution in [-0.4, -0.2) is 7.11 Å². The number of rotatable bonds is 3. The fourth-order valence-electron chi connectivity index (χ4n) is 2.69. The zero-order chi connectivity index (χ0) is 14.1. The number of anilines is 1. The summed E-state index contributed by atoms with van der Waals surface area (Å²) in [6.07, 6.45) is 2.12. The van der Waals surface area contributed by atoms with Crippen LogP contribution in [0.5, 0.6) is 5.75 Å². The van der Waals surface area contributed by atoms with Gasteiger partial charge in [0.2, 0.25) is 0 Å². The first-order valence-electron chi connectivity index (χ1n) is 6.56. The van der Waals surface area contributed by atoms with Crippen LogP contribution in [0.25, 0.3) is 0 Å². The molecule has 2 aromatic rings. The molecule has 0 radical (unpaired) electrons. The average molecular weight is 308 g/mol. The fraction of sp³-hybridized carbons (Fsp3) is 0.250. The summed E-state index contributed by atoms with van der Waals surface area (Å²) in [7, 11) is 1.62. The molecular formula is C16H15Cl2NO. The molecule has 0 amide bonds. The van der Waals surface area contributed by atoms with Gasteiger partial charge in [0, 0.05) is 10.7 Å². The summed E-state index contributed by atoms with van der Waals surface area (Å²) >= 11 is 12.2. The third-order valence-electron chi connectivity index (χ3n) is 3.68. The Bertz CT molecular complexity index is 642. The molecule has 0 saturated carbocycles. The van der Waals surface area contributed by atoms with E-state index in [-0.39, 0.29) is 0 Å². The lowest BCUT2D eigenvalue weighted by Crippen LogP contribution is -2.07. The van der Waals surface area contributed by atoms with E-state index in [0.717, 1.165) is 23.6 Å². The van der Waals surface area contributed by atoms with E-state index in [9.17, 15) is 0 Å². The summed E-state index contributed by atoms with van der Waals surface area (Å²) in [6.45, 7) is 0. The van der Waals surface area contributed by atoms with Gasteiger partial charge >= 0.3 is 0 Å². The number of hydrogen-bond acceptors (Lipinski definition) is 2. The van der Waals surface area contributed by atoms with Gasteiger partial charge in [-0.05, 0) is 54.3 Å². The first kappa shape index (κ1) is 13.6. The Hall–Kier alpha value is -1.38. The van der Waals surface area contributed by atoms with Crippen molar-refractivity contribution in [1.82, 2.24) is 0 Å². The van der Waals surface area contributed by atoms with Gasteiger partial charge in [-0.25, -0.2) is 0 Å². The summed E-state index contributed by atoms with van der Waals surface area (Å²) in [5.74, 6) is 0.691. The van der Waals surface area contributed by atoms with E-state index in [0.29, 0.717) is 16.8 Å². The van der Waals surface area contributed by atoms with Gasteiger partial charge < -0.3 is 10.1 Å². The first-order chi connectivity index (χ1) is 9.67. The number of benzene rings is 2. The standard InChI is InChI=1S/C16H15Cl2NO/c1-20-16-7-4-12(9-14(16)18)19-15-6-2-10-8-11(17)3-5-13(10)15/h3-5,7-9,15,19H,2,6H2,1H3. The van der Waals surface area contributed by atoms with E-state index in [1.807, 2.05) is 24.3 Å². The van der Waals surface area contributed by atoms with E-state index < -0.39 is 0 Å². The maximum atomic E-state index is 6.15. The number of nitrogens with one attached hydrogen (secondary N) is 1. The molecular weight excluding hydrogens is 293 g/mol. The maximum Gasteiger partial charge on any atom is 0.137 e. The van der Waals surface area contributed by atoms with E-state index in [2.05, 4.69) is 17.4 Å². The van der Waals surface area contributed by atoms with Gasteiger partial charge in [0.25, 0.3) is 0 Å². The van der Waals surface area contributed by atoms with Gasteiger partial charge in [0.05, 0.1) is 18.2 Å². The van der Waals surface area contributed by atoms with Crippen molar-refractivity contribution in [1.29, 1.82) is 0 Å². The van der Waals surface area contributed by atoms with Crippen LogP contribution in [0.15, 0.2) is 36.4 Å². The van der Waals surface area contributed by atoms with Gasteiger partial charge in [-0.1, -0.05) is 29.3 Å². The quantitative estimate of drug-likeness (QED) is 0.851. The van der Waals surface area contributed by atoms with Crippen molar-refractivity contribution in [3.63, 3.8) is 0 Å². The largest absolute Gasteiger partial charge is 0.495 e. The van der Waals surface area contributed by atoms with E-state index in [1.54, 1.807) is 7.11 Å². The van der Waals surface area contributed by atoms with Gasteiger partial charge in [0.1, 0.15) is 5.75 Å². The molecule has 1 atom stereocenters. The Kier molecular flexibility index (Phi) is 3.77. The second kappa shape index (κ2) is 5.55. The molecule has 0 spiro atoms. The summed E-state index contributed by atoms with van der Waals surface area (Å²) in [6, 6.07) is 12.2. The highest BCUT2D eigenvalue weighted by molar-refractivity contribution is 6.32. The van der Waals surface area contributed by atoms with Crippen molar-refractivity contribution in [2.24, 2.45) is 0 Å². The average Bonchev–Trinajstić information content (AvgIpc) is 2.81. The Morgan fingerprint density at radius 1 is 1.15 bits per heavy atom. The molecule has 0 aliphatic heterocycles. The highest BCUT2D eigenvalue weighted by Crippen LogP contribution is 2.36. The molecule has 3 rings (SSSR count). The zero-order valence-electron chi connectivity index (χ0n) is 11.1. The smallest absolute Gasteiger partial charge is 0.137 e. The molecule has 0 bridgehead atoms. The monoisotopic (exact) mass is 307 g/mol. The van der Waals surface area contributed by atoms with Crippen LogP contribution in [-0.2, 0) is 6.42 Å². The number of aryl methyl sites for hydroxylation is 1. The Morgan fingerprint density at radius 3 is 2.75 bits per heavy atom. The van der Waals surface area contributed by atoms with Crippen LogP contribution in [0.2, 0.25) is 10.0 Å². The molecule has 1 unspecified atom stereocenters. The van der Waals surface area contributed by atoms with Gasteiger partial charge in [-0.15, -0.1) is 0 Å². The predicted molar refractivity (Wildman–Crippen MR) is 84.1 cm³/mol. The molecule has 0 fully saturated rings. The van der Waals surface area contributed by atoms with Crippen molar-refractivity contribution < 1.29 is 4.74 Å². The van der Waals surface area contributed by atoms with Crippen molar-refractivity contribution >= 4 is 28.9 Å². The lowest BCUT2D eigenvalue weighted by molar-refractivity contribution is 0.415. The molecule has 1 aliphatic carbocycles. The minimum absolute atomic E-state index is 0.312. The minimum Gasteiger partial charge on any atom is -0.495 e. The second-order valence-corrected chi connectivity index (χ2v) is 5.77. The Morgan fingerprint density at radius 2 is 2.00 bits per heavy atom. The Balaban J connectivity index is 1.82. The highest BCUT2D eigenvalue weighted by atomic mass is 35.5. The van der Waals surface area contributed by atoms with Crippen LogP contribution in [0.3, 0.4) is 0 Å². The zero-order valence-corrected chi connectivity index (χ0v) is 12.6. The lowest BCUT2D eigenvalue weighted by atomic mass is 10.1. The van der Waals surface area contributed by atoms with Crippen molar-refractivity contribution in [3.05, 3.63) is 57.6 Å². The molecule has 1 aliphatic rings. The first-order valence-corrected chi connectivity index (χ1v) is 7.31. The molecule has 4 heteroatoms. The van der Waals surface area contributed by atoms with Crippen LogP contribution in [0.4, 0.5) is 5.69 Å². The highest BCUT2D eigenvalue weighted by Gasteiger charge is 2.22. The number of methoxy groups -OCH3 is 1. The molecule has 0 aromatic heterocycles. The van der Waals surface area contributed by atoms with Gasteiger partial charge in [-0.2, -0.15) is 0 Å². The molecule has 20 heavy (non-hydrogen) atoms. The van der Waals surface area contributed by atoms with E-state index >= 15 is 0 Å². The molecule has 104 valence electrons. The molecule has 2 nitrogen and oxygen atoms in total. The van der Waals surface area contributed by atoms with E-state index in [4.69, 9.17) is 27.9 Å². The summed E-state index contributed by atoms with van der Waals surface area (Å²) in [5, 5.41) is 4.95. The minimum atomic E-state index is 0.312. The summed E-state index contributed by atoms with van der Waals surface area (Å²) in [5.41, 5.74) is 3.65. The molecule has 2 aromatic carbocycles. The van der Waals surface area contributed by atoms with Crippen LogP contribution >= 0.6 is 23.2 Å². The van der Waals surface area contributed by atoms with Crippen molar-refractivity contribution in [3.8, 4) is 5.75 Å². The summed E-state index contributed by atoms with van der Waals surface area (Å²) in [4.78, 5) is 0. The SMILES string of the molecule is COc1ccc(NC2CCc3cc(Cl)ccc32)cc1Cl. The summed E-state index contributed by atoms with van der Waals surface area (Å²) < 4.78 is 5.16. The van der Waals surface area contributed by atoms with Crippen LogP contribution < -0.4 is 10.1 Å². The number of hydrogen-bond donors (Lipinski definition) is 1. The second-order valence-electron chi connectivity index (χ2n) is 4.93. The Labute approximate surface area is 128 Å². The number of fused-ring (bicyclic) bond motifs is 1. The normalized spacial score (nSPS) is 16.9. The van der Waals surface area contributed by atoms with Crippen molar-refractivity contribution in [2.45, 2.75) is 18.9 Å². The van der Waals surface area contributed by atoms with Gasteiger partial charge in [-0.3, -0.25) is 0 Å². The van der Waals surface area contributed by atoms with Crippen molar-refractivity contribution in [2.75, 3.05) is 12.4 Å². The topological polar surface area (TPSA) is 21.3 Å². The van der Waals surface area contributed by atoms with Crippen LogP contribution in [0, 0.1) is 0 Å². The number of halogens is 2. The van der Waals surface area contributed by atoms with Crippen LogP contribution in [0.1, 0.15) is 23.6 Å². The maximum absolute atomic E-state index is 6.15. The molecule has 0 heterocycles. The van der Waals surface area contributed by atoms with E-state index in [1.165, 1.54) is 11.1 Å². The fourth-order valence-corrected chi connectivity index (χ4v) is 3.15.